The van der Waals surface area contributed by atoms with Crippen molar-refractivity contribution in [3.05, 3.63) is 15.1 Å². The minimum absolute atomic E-state index is 0.405. The number of hydrogen-bond donors (Lipinski definition) is 1. The Bertz CT molecular complexity index is 368. The molecule has 0 saturated heterocycles. The standard InChI is InChI=1S/C12H20IN3O/c1-5-12(6-2,17-7-3)11-15-8(4)9(13)10(14)16-11/h5-7H2,1-4H3,(H2,14,15,16). The Morgan fingerprint density at radius 3 is 2.24 bits per heavy atom. The van der Waals surface area contributed by atoms with Crippen LogP contribution in [0, 0.1) is 10.5 Å². The first kappa shape index (κ1) is 14.6. The van der Waals surface area contributed by atoms with Gasteiger partial charge in [-0.1, -0.05) is 13.8 Å². The van der Waals surface area contributed by atoms with Gasteiger partial charge < -0.3 is 10.5 Å². The van der Waals surface area contributed by atoms with Crippen molar-refractivity contribution in [2.75, 3.05) is 12.3 Å². The number of nitrogens with zero attached hydrogens (tertiary/aromatic N) is 2. The fourth-order valence-electron chi connectivity index (χ4n) is 1.90. The van der Waals surface area contributed by atoms with Crippen molar-refractivity contribution >= 4 is 28.4 Å². The van der Waals surface area contributed by atoms with Crippen LogP contribution in [-0.4, -0.2) is 16.6 Å². The van der Waals surface area contributed by atoms with E-state index in [0.29, 0.717) is 18.2 Å². The summed E-state index contributed by atoms with van der Waals surface area (Å²) < 4.78 is 6.80. The second-order valence-corrected chi connectivity index (χ2v) is 5.05. The Balaban J connectivity index is 3.28. The van der Waals surface area contributed by atoms with E-state index in [2.05, 4.69) is 46.4 Å². The molecule has 4 nitrogen and oxygen atoms in total. The summed E-state index contributed by atoms with van der Waals surface area (Å²) in [6, 6.07) is 0. The molecule has 0 atom stereocenters. The van der Waals surface area contributed by atoms with Crippen LogP contribution >= 0.6 is 22.6 Å². The number of hydrogen-bond acceptors (Lipinski definition) is 4. The van der Waals surface area contributed by atoms with Crippen LogP contribution in [0.3, 0.4) is 0 Å². The van der Waals surface area contributed by atoms with Gasteiger partial charge in [-0.05, 0) is 49.3 Å². The molecule has 0 fully saturated rings. The van der Waals surface area contributed by atoms with E-state index >= 15 is 0 Å². The molecule has 5 heteroatoms. The first-order valence-electron chi connectivity index (χ1n) is 5.94. The summed E-state index contributed by atoms with van der Waals surface area (Å²) in [5, 5.41) is 0. The molecule has 0 aromatic carbocycles. The minimum Gasteiger partial charge on any atom is -0.383 e. The Morgan fingerprint density at radius 1 is 1.24 bits per heavy atom. The van der Waals surface area contributed by atoms with E-state index in [0.717, 1.165) is 22.1 Å². The highest BCUT2D eigenvalue weighted by atomic mass is 127. The van der Waals surface area contributed by atoms with Gasteiger partial charge in [0.2, 0.25) is 0 Å². The zero-order valence-electron chi connectivity index (χ0n) is 10.9. The highest BCUT2D eigenvalue weighted by Crippen LogP contribution is 2.32. The molecule has 0 aliphatic carbocycles. The molecule has 0 saturated carbocycles. The van der Waals surface area contributed by atoms with Crippen molar-refractivity contribution in [2.24, 2.45) is 0 Å². The molecule has 0 aliphatic heterocycles. The molecule has 0 radical (unpaired) electrons. The third-order valence-corrected chi connectivity index (χ3v) is 4.35. The third-order valence-electron chi connectivity index (χ3n) is 3.01. The lowest BCUT2D eigenvalue weighted by molar-refractivity contribution is -0.0571. The van der Waals surface area contributed by atoms with Crippen LogP contribution in [0.4, 0.5) is 5.82 Å². The lowest BCUT2D eigenvalue weighted by Crippen LogP contribution is -2.31. The Kier molecular flexibility index (Phi) is 5.12. The predicted molar refractivity (Wildman–Crippen MR) is 77.8 cm³/mol. The van der Waals surface area contributed by atoms with Crippen LogP contribution in [0.25, 0.3) is 0 Å². The average Bonchev–Trinajstić information content (AvgIpc) is 2.32. The van der Waals surface area contributed by atoms with E-state index in [4.69, 9.17) is 10.5 Å². The van der Waals surface area contributed by atoms with E-state index in [1.807, 2.05) is 13.8 Å². The molecule has 0 unspecified atom stereocenters. The maximum atomic E-state index is 5.91. The fourth-order valence-corrected chi connectivity index (χ4v) is 2.14. The lowest BCUT2D eigenvalue weighted by atomic mass is 9.95. The number of ether oxygens (including phenoxy) is 1. The Labute approximate surface area is 117 Å². The molecule has 0 spiro atoms. The SMILES string of the molecule is CCOC(CC)(CC)c1nc(C)c(I)c(N)n1. The molecule has 0 aliphatic rings. The van der Waals surface area contributed by atoms with Gasteiger partial charge in [0.25, 0.3) is 0 Å². The number of nitrogens with two attached hydrogens (primary N) is 1. The topological polar surface area (TPSA) is 61.0 Å². The Hall–Kier alpha value is -0.430. The summed E-state index contributed by atoms with van der Waals surface area (Å²) in [5.41, 5.74) is 6.42. The van der Waals surface area contributed by atoms with E-state index in [1.165, 1.54) is 0 Å². The number of anilines is 1. The van der Waals surface area contributed by atoms with Crippen molar-refractivity contribution in [3.8, 4) is 0 Å². The zero-order chi connectivity index (χ0) is 13.1. The summed E-state index contributed by atoms with van der Waals surface area (Å²) in [6.45, 7) is 8.77. The zero-order valence-corrected chi connectivity index (χ0v) is 13.0. The van der Waals surface area contributed by atoms with Crippen molar-refractivity contribution in [1.29, 1.82) is 0 Å². The van der Waals surface area contributed by atoms with Gasteiger partial charge in [0, 0.05) is 6.61 Å². The highest BCUT2D eigenvalue weighted by molar-refractivity contribution is 14.1. The number of nitrogen functional groups attached to an aromatic ring is 1. The summed E-state index contributed by atoms with van der Waals surface area (Å²) >= 11 is 2.17. The van der Waals surface area contributed by atoms with Gasteiger partial charge in [0.05, 0.1) is 9.26 Å². The van der Waals surface area contributed by atoms with Crippen molar-refractivity contribution in [1.82, 2.24) is 9.97 Å². The number of aryl methyl sites for hydroxylation is 1. The lowest BCUT2D eigenvalue weighted by Gasteiger charge is -2.30. The molecule has 1 aromatic heterocycles. The molecule has 1 heterocycles. The molecular weight excluding hydrogens is 329 g/mol. The van der Waals surface area contributed by atoms with Crippen molar-refractivity contribution in [2.45, 2.75) is 46.1 Å². The van der Waals surface area contributed by atoms with E-state index in [9.17, 15) is 0 Å². The predicted octanol–water partition coefficient (Wildman–Crippen LogP) is 3.02. The highest BCUT2D eigenvalue weighted by Gasteiger charge is 2.33. The molecule has 0 amide bonds. The third kappa shape index (κ3) is 2.88. The van der Waals surface area contributed by atoms with Crippen LogP contribution < -0.4 is 5.73 Å². The normalized spacial score (nSPS) is 11.8. The smallest absolute Gasteiger partial charge is 0.162 e. The minimum atomic E-state index is -0.405. The largest absolute Gasteiger partial charge is 0.383 e. The molecule has 1 aromatic rings. The van der Waals surface area contributed by atoms with E-state index < -0.39 is 5.60 Å². The number of halogens is 1. The van der Waals surface area contributed by atoms with Crippen LogP contribution in [0.5, 0.6) is 0 Å². The van der Waals surface area contributed by atoms with Crippen molar-refractivity contribution in [3.63, 3.8) is 0 Å². The van der Waals surface area contributed by atoms with Gasteiger partial charge >= 0.3 is 0 Å². The molecule has 2 N–H and O–H groups in total. The molecule has 0 bridgehead atoms. The summed E-state index contributed by atoms with van der Waals surface area (Å²) in [7, 11) is 0. The van der Waals surface area contributed by atoms with Crippen LogP contribution in [0.15, 0.2) is 0 Å². The molecular formula is C12H20IN3O. The number of aromatic nitrogens is 2. The van der Waals surface area contributed by atoms with Crippen LogP contribution in [0.2, 0.25) is 0 Å². The first-order chi connectivity index (χ1) is 8.00. The van der Waals surface area contributed by atoms with Gasteiger partial charge in [0.15, 0.2) is 5.82 Å². The summed E-state index contributed by atoms with van der Waals surface area (Å²) in [4.78, 5) is 8.94. The van der Waals surface area contributed by atoms with E-state index in [1.54, 1.807) is 0 Å². The second-order valence-electron chi connectivity index (χ2n) is 3.97. The van der Waals surface area contributed by atoms with Gasteiger partial charge in [-0.25, -0.2) is 9.97 Å². The Morgan fingerprint density at radius 2 is 1.82 bits per heavy atom. The summed E-state index contributed by atoms with van der Waals surface area (Å²) in [6.07, 6.45) is 1.69. The molecule has 17 heavy (non-hydrogen) atoms. The maximum Gasteiger partial charge on any atom is 0.162 e. The van der Waals surface area contributed by atoms with Gasteiger partial charge in [0.1, 0.15) is 11.4 Å². The quantitative estimate of drug-likeness (QED) is 0.830. The van der Waals surface area contributed by atoms with E-state index in [-0.39, 0.29) is 0 Å². The van der Waals surface area contributed by atoms with Crippen LogP contribution in [-0.2, 0) is 10.3 Å². The second kappa shape index (κ2) is 5.95. The summed E-state index contributed by atoms with van der Waals surface area (Å²) in [5.74, 6) is 1.25. The van der Waals surface area contributed by atoms with Crippen molar-refractivity contribution < 1.29 is 4.74 Å². The average molecular weight is 349 g/mol. The molecule has 96 valence electrons. The molecule has 1 rings (SSSR count). The first-order valence-corrected chi connectivity index (χ1v) is 7.02. The number of rotatable bonds is 5. The van der Waals surface area contributed by atoms with Crippen LogP contribution in [0.1, 0.15) is 45.1 Å². The maximum absolute atomic E-state index is 5.91. The van der Waals surface area contributed by atoms with Gasteiger partial charge in [-0.2, -0.15) is 0 Å². The van der Waals surface area contributed by atoms with Gasteiger partial charge in [-0.3, -0.25) is 0 Å². The fraction of sp³-hybridized carbons (Fsp3) is 0.667. The monoisotopic (exact) mass is 349 g/mol. The van der Waals surface area contributed by atoms with Gasteiger partial charge in [-0.15, -0.1) is 0 Å².